The monoisotopic (exact) mass is 416 g/mol. The zero-order chi connectivity index (χ0) is 18.4. The fourth-order valence-electron chi connectivity index (χ4n) is 2.86. The van der Waals surface area contributed by atoms with E-state index in [0.717, 1.165) is 12.8 Å². The van der Waals surface area contributed by atoms with E-state index in [9.17, 15) is 4.57 Å². The molecule has 0 bridgehead atoms. The number of hydrogen-bond acceptors (Lipinski definition) is 7. The summed E-state index contributed by atoms with van der Waals surface area (Å²) in [5, 5.41) is 0. The highest BCUT2D eigenvalue weighted by Gasteiger charge is 2.34. The lowest BCUT2D eigenvalue weighted by molar-refractivity contribution is 0.00648. The van der Waals surface area contributed by atoms with Crippen LogP contribution in [0.2, 0.25) is 0 Å². The quantitative estimate of drug-likeness (QED) is 0.535. The van der Waals surface area contributed by atoms with Gasteiger partial charge in [-0.15, -0.1) is 0 Å². The van der Waals surface area contributed by atoms with Gasteiger partial charge in [-0.05, 0) is 12.8 Å². The van der Waals surface area contributed by atoms with E-state index >= 15 is 0 Å². The molecule has 6 atom stereocenters. The maximum Gasteiger partial charge on any atom is 0.327 e. The molecule has 0 N–H and O–H groups in total. The van der Waals surface area contributed by atoms with Gasteiger partial charge in [0.05, 0.1) is 38.6 Å². The molecule has 2 fully saturated rings. The summed E-state index contributed by atoms with van der Waals surface area (Å²) in [6, 6.07) is 0. The zero-order valence-corrected chi connectivity index (χ0v) is 18.4. The molecule has 7 nitrogen and oxygen atoms in total. The van der Waals surface area contributed by atoms with Crippen LogP contribution in [-0.2, 0) is 31.7 Å². The van der Waals surface area contributed by atoms with Crippen LogP contribution in [0.3, 0.4) is 0 Å². The normalized spacial score (nSPS) is 39.1. The van der Waals surface area contributed by atoms with Crippen molar-refractivity contribution in [3.05, 3.63) is 0 Å². The third kappa shape index (κ3) is 7.07. The van der Waals surface area contributed by atoms with Crippen LogP contribution in [0.25, 0.3) is 0 Å². The van der Waals surface area contributed by atoms with Crippen molar-refractivity contribution in [2.24, 2.45) is 11.8 Å². The molecule has 6 unspecified atom stereocenters. The van der Waals surface area contributed by atoms with Gasteiger partial charge in [0.15, 0.2) is 16.8 Å². The van der Waals surface area contributed by atoms with Crippen LogP contribution in [-0.4, -0.2) is 58.6 Å². The van der Waals surface area contributed by atoms with Crippen LogP contribution >= 0.6 is 24.3 Å². The minimum absolute atomic E-state index is 0.0777. The SMILES string of the molecule is CCC1OP(C)OCC1COP(C)(=O)OCC1COP(C)OC1CC. The fourth-order valence-corrected chi connectivity index (χ4v) is 6.19. The maximum atomic E-state index is 12.6. The van der Waals surface area contributed by atoms with Crippen LogP contribution in [0.4, 0.5) is 0 Å². The molecule has 10 heteroatoms. The van der Waals surface area contributed by atoms with Gasteiger partial charge < -0.3 is 27.1 Å². The lowest BCUT2D eigenvalue weighted by Gasteiger charge is -2.35. The summed E-state index contributed by atoms with van der Waals surface area (Å²) in [6.07, 6.45) is 1.93. The summed E-state index contributed by atoms with van der Waals surface area (Å²) in [5.41, 5.74) is 0. The second kappa shape index (κ2) is 10.4. The van der Waals surface area contributed by atoms with E-state index in [2.05, 4.69) is 13.8 Å². The van der Waals surface area contributed by atoms with Crippen molar-refractivity contribution >= 4 is 24.3 Å². The van der Waals surface area contributed by atoms with E-state index in [-0.39, 0.29) is 24.0 Å². The van der Waals surface area contributed by atoms with E-state index in [1.165, 1.54) is 6.66 Å². The Kier molecular flexibility index (Phi) is 9.22. The summed E-state index contributed by atoms with van der Waals surface area (Å²) in [4.78, 5) is 0. The van der Waals surface area contributed by atoms with E-state index in [1.54, 1.807) is 0 Å². The highest BCUT2D eigenvalue weighted by Crippen LogP contribution is 2.49. The van der Waals surface area contributed by atoms with Crippen molar-refractivity contribution in [1.29, 1.82) is 0 Å². The maximum absolute atomic E-state index is 12.6. The Morgan fingerprint density at radius 2 is 1.32 bits per heavy atom. The number of hydrogen-bond donors (Lipinski definition) is 0. The molecule has 0 radical (unpaired) electrons. The van der Waals surface area contributed by atoms with Crippen molar-refractivity contribution < 1.29 is 31.7 Å². The first kappa shape index (κ1) is 22.1. The molecule has 2 rings (SSSR count). The molecule has 0 spiro atoms. The zero-order valence-electron chi connectivity index (χ0n) is 15.8. The lowest BCUT2D eigenvalue weighted by atomic mass is 10.0. The van der Waals surface area contributed by atoms with Crippen molar-refractivity contribution in [3.8, 4) is 0 Å². The van der Waals surface area contributed by atoms with Gasteiger partial charge in [-0.25, -0.2) is 0 Å². The van der Waals surface area contributed by atoms with Gasteiger partial charge >= 0.3 is 7.60 Å². The molecule has 0 aromatic carbocycles. The van der Waals surface area contributed by atoms with Gasteiger partial charge in [0.2, 0.25) is 0 Å². The van der Waals surface area contributed by atoms with Gasteiger partial charge in [0.25, 0.3) is 0 Å². The molecular formula is C15H31O7P3. The molecule has 2 aliphatic rings. The molecule has 0 aliphatic carbocycles. The first-order valence-electron chi connectivity index (χ1n) is 8.78. The predicted octanol–water partition coefficient (Wildman–Crippen LogP) is 4.61. The van der Waals surface area contributed by atoms with Crippen LogP contribution in [0.15, 0.2) is 0 Å². The van der Waals surface area contributed by atoms with Crippen LogP contribution < -0.4 is 0 Å². The van der Waals surface area contributed by atoms with Crippen molar-refractivity contribution in [2.75, 3.05) is 46.4 Å². The van der Waals surface area contributed by atoms with Crippen LogP contribution in [0, 0.1) is 11.8 Å². The third-order valence-corrected chi connectivity index (χ3v) is 7.81. The second-order valence-corrected chi connectivity index (χ2v) is 11.2. The van der Waals surface area contributed by atoms with E-state index < -0.39 is 24.3 Å². The molecule has 25 heavy (non-hydrogen) atoms. The van der Waals surface area contributed by atoms with E-state index in [4.69, 9.17) is 27.1 Å². The topological polar surface area (TPSA) is 72.5 Å². The number of rotatable bonds is 8. The predicted molar refractivity (Wildman–Crippen MR) is 100 cm³/mol. The van der Waals surface area contributed by atoms with Gasteiger partial charge in [0, 0.05) is 31.8 Å². The van der Waals surface area contributed by atoms with Crippen LogP contribution in [0.1, 0.15) is 26.7 Å². The smallest absolute Gasteiger partial charge is 0.327 e. The van der Waals surface area contributed by atoms with Gasteiger partial charge in [-0.3, -0.25) is 4.57 Å². The highest BCUT2D eigenvalue weighted by atomic mass is 31.2. The Hall–Kier alpha value is 0.850. The van der Waals surface area contributed by atoms with Gasteiger partial charge in [-0.1, -0.05) is 13.8 Å². The molecule has 0 amide bonds. The van der Waals surface area contributed by atoms with E-state index in [0.29, 0.717) is 26.4 Å². The average Bonchev–Trinajstić information content (AvgIpc) is 2.59. The van der Waals surface area contributed by atoms with Gasteiger partial charge in [0.1, 0.15) is 0 Å². The lowest BCUT2D eigenvalue weighted by Crippen LogP contribution is -2.34. The van der Waals surface area contributed by atoms with Gasteiger partial charge in [-0.2, -0.15) is 0 Å². The minimum Gasteiger partial charge on any atom is -0.334 e. The Labute approximate surface area is 153 Å². The summed E-state index contributed by atoms with van der Waals surface area (Å²) in [5.74, 6) is 0.155. The molecule has 0 aromatic heterocycles. The van der Waals surface area contributed by atoms with Crippen LogP contribution in [0.5, 0.6) is 0 Å². The molecule has 0 aromatic rings. The first-order chi connectivity index (χ1) is 11.8. The average molecular weight is 416 g/mol. The molecule has 2 aliphatic heterocycles. The third-order valence-electron chi connectivity index (χ3n) is 4.41. The standard InChI is InChI=1S/C15H31O7P3/c1-6-14-12(8-17-23(3)21-14)10-19-25(5,16)20-11-13-9-18-24(4)22-15(13)7-2/h12-15H,6-11H2,1-5H3. The van der Waals surface area contributed by atoms with Crippen molar-refractivity contribution in [1.82, 2.24) is 0 Å². The second-order valence-electron chi connectivity index (χ2n) is 6.46. The molecular weight excluding hydrogens is 385 g/mol. The Bertz CT molecular complexity index is 417. The highest BCUT2D eigenvalue weighted by molar-refractivity contribution is 7.53. The molecule has 148 valence electrons. The largest absolute Gasteiger partial charge is 0.334 e. The fraction of sp³-hybridized carbons (Fsp3) is 1.00. The Morgan fingerprint density at radius 3 is 1.68 bits per heavy atom. The van der Waals surface area contributed by atoms with Crippen molar-refractivity contribution in [2.45, 2.75) is 38.9 Å². The summed E-state index contributed by atoms with van der Waals surface area (Å²) in [7, 11) is -4.76. The Balaban J connectivity index is 1.78. The summed E-state index contributed by atoms with van der Waals surface area (Å²) < 4.78 is 46.6. The first-order valence-corrected chi connectivity index (χ1v) is 14.0. The Morgan fingerprint density at radius 1 is 0.920 bits per heavy atom. The van der Waals surface area contributed by atoms with E-state index in [1.807, 2.05) is 13.3 Å². The van der Waals surface area contributed by atoms with Crippen molar-refractivity contribution in [3.63, 3.8) is 0 Å². The molecule has 2 heterocycles. The summed E-state index contributed by atoms with van der Waals surface area (Å²) in [6.45, 7) is 11.3. The minimum atomic E-state index is -3.14. The molecule has 2 saturated heterocycles. The summed E-state index contributed by atoms with van der Waals surface area (Å²) >= 11 is 0. The molecule has 0 saturated carbocycles.